The van der Waals surface area contributed by atoms with Crippen LogP contribution in [-0.4, -0.2) is 29.9 Å². The second-order valence-corrected chi connectivity index (χ2v) is 10.7. The van der Waals surface area contributed by atoms with Gasteiger partial charge in [-0.05, 0) is 85.1 Å². The summed E-state index contributed by atoms with van der Waals surface area (Å²) >= 11 is 4.81. The lowest BCUT2D eigenvalue weighted by molar-refractivity contribution is -0.143. The summed E-state index contributed by atoms with van der Waals surface area (Å²) in [4.78, 5) is 32.2. The molecule has 38 heavy (non-hydrogen) atoms. The van der Waals surface area contributed by atoms with Crippen molar-refractivity contribution in [2.45, 2.75) is 39.8 Å². The number of thiazole rings is 1. The molecule has 9 heteroatoms. The molecule has 0 unspecified atom stereocenters. The first kappa shape index (κ1) is 27.6. The van der Waals surface area contributed by atoms with Crippen molar-refractivity contribution in [3.8, 4) is 11.5 Å². The number of nitrogens with zero attached hydrogens (tertiary/aromatic N) is 2. The van der Waals surface area contributed by atoms with Gasteiger partial charge in [0.1, 0.15) is 18.1 Å². The molecule has 0 bridgehead atoms. The fraction of sp³-hybridized carbons (Fsp3) is 0.276. The Hall–Kier alpha value is -3.43. The van der Waals surface area contributed by atoms with Gasteiger partial charge in [-0.3, -0.25) is 9.36 Å². The van der Waals surface area contributed by atoms with Crippen LogP contribution < -0.4 is 24.4 Å². The summed E-state index contributed by atoms with van der Waals surface area (Å²) in [7, 11) is 0. The van der Waals surface area contributed by atoms with Gasteiger partial charge in [0.05, 0.1) is 39.0 Å². The number of fused-ring (bicyclic) bond motifs is 1. The zero-order chi connectivity index (χ0) is 27.4. The molecule has 0 spiro atoms. The van der Waals surface area contributed by atoms with Crippen molar-refractivity contribution < 1.29 is 19.0 Å². The van der Waals surface area contributed by atoms with Gasteiger partial charge >= 0.3 is 5.97 Å². The van der Waals surface area contributed by atoms with Crippen molar-refractivity contribution in [3.05, 3.63) is 102 Å². The van der Waals surface area contributed by atoms with Crippen molar-refractivity contribution in [1.29, 1.82) is 0 Å². The third-order valence-corrected chi connectivity index (χ3v) is 7.30. The van der Waals surface area contributed by atoms with Gasteiger partial charge in [0.2, 0.25) is 0 Å². The van der Waals surface area contributed by atoms with E-state index in [1.807, 2.05) is 55.5 Å². The normalized spacial score (nSPS) is 15.2. The average Bonchev–Trinajstić information content (AvgIpc) is 3.17. The van der Waals surface area contributed by atoms with E-state index < -0.39 is 12.0 Å². The van der Waals surface area contributed by atoms with E-state index in [1.165, 1.54) is 11.3 Å². The van der Waals surface area contributed by atoms with E-state index in [0.29, 0.717) is 45.3 Å². The van der Waals surface area contributed by atoms with Crippen LogP contribution in [0.2, 0.25) is 0 Å². The molecule has 0 fully saturated rings. The Bertz CT molecular complexity index is 1570. The maximum Gasteiger partial charge on any atom is 0.338 e. The average molecular weight is 598 g/mol. The molecule has 1 aliphatic rings. The zero-order valence-corrected chi connectivity index (χ0v) is 24.1. The molecule has 3 aromatic rings. The molecular formula is C29H29BrN2O5S. The van der Waals surface area contributed by atoms with E-state index in [-0.39, 0.29) is 11.7 Å². The monoisotopic (exact) mass is 596 g/mol. The number of hydrogen-bond acceptors (Lipinski definition) is 7. The first-order chi connectivity index (χ1) is 18.2. The van der Waals surface area contributed by atoms with E-state index in [0.717, 1.165) is 15.6 Å². The van der Waals surface area contributed by atoms with E-state index in [4.69, 9.17) is 14.2 Å². The van der Waals surface area contributed by atoms with Crippen molar-refractivity contribution in [2.24, 2.45) is 4.99 Å². The Morgan fingerprint density at radius 2 is 1.95 bits per heavy atom. The predicted molar refractivity (Wildman–Crippen MR) is 152 cm³/mol. The Labute approximate surface area is 233 Å². The van der Waals surface area contributed by atoms with Crippen molar-refractivity contribution in [2.75, 3.05) is 13.2 Å². The minimum Gasteiger partial charge on any atom is -0.494 e. The van der Waals surface area contributed by atoms with Crippen LogP contribution in [0.15, 0.2) is 80.6 Å². The highest BCUT2D eigenvalue weighted by atomic mass is 79.9. The van der Waals surface area contributed by atoms with E-state index in [1.54, 1.807) is 31.4 Å². The lowest BCUT2D eigenvalue weighted by Crippen LogP contribution is -2.40. The maximum atomic E-state index is 13.8. The lowest BCUT2D eigenvalue weighted by atomic mass is 9.96. The van der Waals surface area contributed by atoms with Crippen LogP contribution in [0, 0.1) is 0 Å². The molecule has 7 nitrogen and oxygen atoms in total. The van der Waals surface area contributed by atoms with Gasteiger partial charge < -0.3 is 14.2 Å². The molecule has 1 aliphatic heterocycles. The lowest BCUT2D eigenvalue weighted by Gasteiger charge is -2.25. The Morgan fingerprint density at radius 3 is 2.58 bits per heavy atom. The Morgan fingerprint density at radius 1 is 1.21 bits per heavy atom. The highest BCUT2D eigenvalue weighted by molar-refractivity contribution is 9.10. The molecule has 0 saturated carbocycles. The molecule has 2 heterocycles. The molecule has 0 amide bonds. The van der Waals surface area contributed by atoms with Crippen LogP contribution >= 0.6 is 27.3 Å². The van der Waals surface area contributed by atoms with Gasteiger partial charge in [-0.15, -0.1) is 0 Å². The second-order valence-electron chi connectivity index (χ2n) is 8.83. The SMILES string of the molecule is C=CCOc1ccc(/C=c2/sc3n(c2=O)[C@H](c2ccc(OCC)cc2)C(C(=O)OC(C)C)=C(C)N=3)cc1Br. The Balaban J connectivity index is 1.85. The van der Waals surface area contributed by atoms with Crippen LogP contribution in [0.3, 0.4) is 0 Å². The second kappa shape index (κ2) is 12.0. The molecular weight excluding hydrogens is 568 g/mol. The standard InChI is InChI=1S/C29H29BrN2O5S/c1-6-14-36-23-13-8-19(15-22(23)30)16-24-27(33)32-26(20-9-11-21(12-10-20)35-7-2)25(28(34)37-17(3)4)18(5)31-29(32)38-24/h6,8-13,15-17,26H,1,7,14H2,2-5H3/b24-16+/t26-/m1/s1. The van der Waals surface area contributed by atoms with Gasteiger partial charge in [-0.2, -0.15) is 0 Å². The third-order valence-electron chi connectivity index (χ3n) is 5.70. The van der Waals surface area contributed by atoms with E-state index in [2.05, 4.69) is 27.5 Å². The molecule has 1 atom stereocenters. The van der Waals surface area contributed by atoms with E-state index in [9.17, 15) is 9.59 Å². The van der Waals surface area contributed by atoms with Crippen LogP contribution in [0.4, 0.5) is 0 Å². The van der Waals surface area contributed by atoms with Gasteiger partial charge in [0, 0.05) is 0 Å². The Kier molecular flexibility index (Phi) is 8.69. The fourth-order valence-corrected chi connectivity index (χ4v) is 5.67. The van der Waals surface area contributed by atoms with Crippen LogP contribution in [0.1, 0.15) is 44.9 Å². The van der Waals surface area contributed by atoms with Crippen LogP contribution in [0.25, 0.3) is 6.08 Å². The number of aromatic nitrogens is 1. The molecule has 0 saturated heterocycles. The summed E-state index contributed by atoms with van der Waals surface area (Å²) in [5.74, 6) is 0.901. The summed E-state index contributed by atoms with van der Waals surface area (Å²) in [6.45, 7) is 11.9. The largest absolute Gasteiger partial charge is 0.494 e. The van der Waals surface area contributed by atoms with Gasteiger partial charge in [0.25, 0.3) is 5.56 Å². The molecule has 0 N–H and O–H groups in total. The van der Waals surface area contributed by atoms with E-state index >= 15 is 0 Å². The van der Waals surface area contributed by atoms with Gasteiger partial charge in [0.15, 0.2) is 4.80 Å². The fourth-order valence-electron chi connectivity index (χ4n) is 4.11. The summed E-state index contributed by atoms with van der Waals surface area (Å²) in [5.41, 5.74) is 2.21. The quantitative estimate of drug-likeness (QED) is 0.259. The van der Waals surface area contributed by atoms with Crippen LogP contribution in [0.5, 0.6) is 11.5 Å². The third kappa shape index (κ3) is 5.84. The first-order valence-electron chi connectivity index (χ1n) is 12.2. The number of carbonyl (C=O) groups is 1. The number of esters is 1. The maximum absolute atomic E-state index is 13.8. The summed E-state index contributed by atoms with van der Waals surface area (Å²) in [6, 6.07) is 12.3. The summed E-state index contributed by atoms with van der Waals surface area (Å²) in [5, 5.41) is 0. The number of allylic oxidation sites excluding steroid dienone is 1. The predicted octanol–water partition coefficient (Wildman–Crippen LogP) is 4.91. The molecule has 0 aliphatic carbocycles. The summed E-state index contributed by atoms with van der Waals surface area (Å²) < 4.78 is 19.6. The first-order valence-corrected chi connectivity index (χ1v) is 13.8. The summed E-state index contributed by atoms with van der Waals surface area (Å²) in [6.07, 6.45) is 3.17. The van der Waals surface area contributed by atoms with Crippen LogP contribution in [-0.2, 0) is 9.53 Å². The zero-order valence-electron chi connectivity index (χ0n) is 21.7. The molecule has 2 aromatic carbocycles. The smallest absolute Gasteiger partial charge is 0.338 e. The molecule has 0 radical (unpaired) electrons. The highest BCUT2D eigenvalue weighted by Gasteiger charge is 2.33. The van der Waals surface area contributed by atoms with Crippen molar-refractivity contribution >= 4 is 39.3 Å². The van der Waals surface area contributed by atoms with Gasteiger partial charge in [-0.25, -0.2) is 9.79 Å². The number of ether oxygens (including phenoxy) is 3. The number of rotatable bonds is 9. The molecule has 4 rings (SSSR count). The molecule has 198 valence electrons. The number of benzene rings is 2. The van der Waals surface area contributed by atoms with Crippen molar-refractivity contribution in [3.63, 3.8) is 0 Å². The topological polar surface area (TPSA) is 79.1 Å². The van der Waals surface area contributed by atoms with Gasteiger partial charge in [-0.1, -0.05) is 42.2 Å². The van der Waals surface area contributed by atoms with Crippen molar-refractivity contribution in [1.82, 2.24) is 4.57 Å². The number of halogens is 1. The number of carbonyl (C=O) groups excluding carboxylic acids is 1. The highest BCUT2D eigenvalue weighted by Crippen LogP contribution is 2.32. The number of hydrogen-bond donors (Lipinski definition) is 0. The minimum absolute atomic E-state index is 0.238. The molecule has 1 aromatic heterocycles. The minimum atomic E-state index is -0.684.